The number of hydrazine groups is 1. The van der Waals surface area contributed by atoms with Crippen LogP contribution in [0.2, 0.25) is 0 Å². The van der Waals surface area contributed by atoms with E-state index >= 15 is 0 Å². The number of hydrogen-bond donors (Lipinski definition) is 2. The zero-order chi connectivity index (χ0) is 14.3. The lowest BCUT2D eigenvalue weighted by Crippen LogP contribution is -2.54. The van der Waals surface area contributed by atoms with Gasteiger partial charge in [0, 0.05) is 31.8 Å². The van der Waals surface area contributed by atoms with Gasteiger partial charge in [0.05, 0.1) is 17.8 Å². The van der Waals surface area contributed by atoms with Crippen molar-refractivity contribution in [3.05, 3.63) is 0 Å². The van der Waals surface area contributed by atoms with Crippen molar-refractivity contribution in [3.63, 3.8) is 0 Å². The summed E-state index contributed by atoms with van der Waals surface area (Å²) in [4.78, 5) is 0. The second kappa shape index (κ2) is 5.78. The van der Waals surface area contributed by atoms with Gasteiger partial charge in [-0.25, -0.2) is 0 Å². The fraction of sp³-hybridized carbons (Fsp3) is 1.00. The summed E-state index contributed by atoms with van der Waals surface area (Å²) in [5.74, 6) is 7.16. The van der Waals surface area contributed by atoms with Gasteiger partial charge in [0.2, 0.25) is 0 Å². The second-order valence-corrected chi connectivity index (χ2v) is 7.36. The molecule has 5 heteroatoms. The standard InChI is InChI=1S/C16H28N2O3/c17-18-15(13-9-12-1-2-14(13)21-12)11-3-6-20-16(10-11)4-7-19-8-5-16/h11-15,18H,1-10,17H2. The van der Waals surface area contributed by atoms with E-state index in [4.69, 9.17) is 20.1 Å². The van der Waals surface area contributed by atoms with Gasteiger partial charge in [-0.05, 0) is 50.9 Å². The maximum Gasteiger partial charge on any atom is 0.0729 e. The lowest BCUT2D eigenvalue weighted by atomic mass is 9.72. The minimum Gasteiger partial charge on any atom is -0.381 e. The van der Waals surface area contributed by atoms with Crippen molar-refractivity contribution in [1.29, 1.82) is 0 Å². The van der Waals surface area contributed by atoms with E-state index in [1.165, 1.54) is 19.3 Å². The van der Waals surface area contributed by atoms with E-state index in [1.54, 1.807) is 0 Å². The third-order valence-corrected chi connectivity index (χ3v) is 6.25. The zero-order valence-electron chi connectivity index (χ0n) is 12.8. The first-order chi connectivity index (χ1) is 10.3. The molecule has 0 aromatic rings. The van der Waals surface area contributed by atoms with Gasteiger partial charge < -0.3 is 14.2 Å². The van der Waals surface area contributed by atoms with Gasteiger partial charge in [0.25, 0.3) is 0 Å². The quantitative estimate of drug-likeness (QED) is 0.608. The molecule has 4 aliphatic heterocycles. The van der Waals surface area contributed by atoms with Gasteiger partial charge in [-0.15, -0.1) is 0 Å². The Morgan fingerprint density at radius 3 is 2.62 bits per heavy atom. The molecule has 1 spiro atoms. The molecule has 0 aromatic heterocycles. The highest BCUT2D eigenvalue weighted by atomic mass is 16.5. The predicted octanol–water partition coefficient (Wildman–Crippen LogP) is 1.36. The van der Waals surface area contributed by atoms with Crippen molar-refractivity contribution in [1.82, 2.24) is 5.43 Å². The van der Waals surface area contributed by atoms with Crippen LogP contribution in [0.1, 0.15) is 44.9 Å². The smallest absolute Gasteiger partial charge is 0.0729 e. The summed E-state index contributed by atoms with van der Waals surface area (Å²) in [6.07, 6.45) is 8.89. The molecule has 4 rings (SSSR count). The Bertz CT molecular complexity index is 367. The van der Waals surface area contributed by atoms with Gasteiger partial charge >= 0.3 is 0 Å². The minimum absolute atomic E-state index is 0.0503. The molecule has 5 atom stereocenters. The van der Waals surface area contributed by atoms with Crippen molar-refractivity contribution in [2.24, 2.45) is 17.7 Å². The zero-order valence-corrected chi connectivity index (χ0v) is 12.8. The molecule has 2 bridgehead atoms. The van der Waals surface area contributed by atoms with E-state index in [-0.39, 0.29) is 5.60 Å². The van der Waals surface area contributed by atoms with Gasteiger partial charge in [-0.1, -0.05) is 0 Å². The molecule has 5 nitrogen and oxygen atoms in total. The van der Waals surface area contributed by atoms with E-state index in [1.807, 2.05) is 0 Å². The lowest BCUT2D eigenvalue weighted by Gasteiger charge is -2.46. The minimum atomic E-state index is 0.0503. The third-order valence-electron chi connectivity index (χ3n) is 6.25. The summed E-state index contributed by atoms with van der Waals surface area (Å²) in [5, 5.41) is 0. The van der Waals surface area contributed by atoms with Crippen molar-refractivity contribution in [2.75, 3.05) is 19.8 Å². The number of hydrogen-bond acceptors (Lipinski definition) is 5. The largest absolute Gasteiger partial charge is 0.381 e. The van der Waals surface area contributed by atoms with Crippen molar-refractivity contribution < 1.29 is 14.2 Å². The molecule has 4 fully saturated rings. The molecular weight excluding hydrogens is 268 g/mol. The highest BCUT2D eigenvalue weighted by molar-refractivity contribution is 5.00. The Hall–Kier alpha value is -0.200. The Morgan fingerprint density at radius 1 is 1.10 bits per heavy atom. The van der Waals surface area contributed by atoms with Crippen LogP contribution in [0.3, 0.4) is 0 Å². The van der Waals surface area contributed by atoms with Crippen LogP contribution in [0.25, 0.3) is 0 Å². The Labute approximate surface area is 126 Å². The van der Waals surface area contributed by atoms with E-state index in [0.29, 0.717) is 30.1 Å². The number of nitrogens with one attached hydrogen (secondary N) is 1. The van der Waals surface area contributed by atoms with Crippen LogP contribution < -0.4 is 11.3 Å². The predicted molar refractivity (Wildman–Crippen MR) is 78.6 cm³/mol. The van der Waals surface area contributed by atoms with Gasteiger partial charge in [-0.3, -0.25) is 11.3 Å². The molecular formula is C16H28N2O3. The summed E-state index contributed by atoms with van der Waals surface area (Å²) < 4.78 is 17.7. The monoisotopic (exact) mass is 296 g/mol. The van der Waals surface area contributed by atoms with Crippen molar-refractivity contribution in [2.45, 2.75) is 68.8 Å². The van der Waals surface area contributed by atoms with Gasteiger partial charge in [-0.2, -0.15) is 0 Å². The molecule has 4 saturated heterocycles. The van der Waals surface area contributed by atoms with Gasteiger partial charge in [0.15, 0.2) is 0 Å². The Morgan fingerprint density at radius 2 is 1.95 bits per heavy atom. The Balaban J connectivity index is 1.46. The summed E-state index contributed by atoms with van der Waals surface area (Å²) >= 11 is 0. The van der Waals surface area contributed by atoms with Crippen molar-refractivity contribution in [3.8, 4) is 0 Å². The average molecular weight is 296 g/mol. The molecule has 0 aliphatic carbocycles. The third kappa shape index (κ3) is 2.63. The SMILES string of the molecule is NNC(C1CCOC2(CCOCC2)C1)C1CC2CCC1O2. The van der Waals surface area contributed by atoms with Gasteiger partial charge in [0.1, 0.15) is 0 Å². The maximum atomic E-state index is 6.18. The van der Waals surface area contributed by atoms with Crippen LogP contribution in [-0.2, 0) is 14.2 Å². The topological polar surface area (TPSA) is 65.7 Å². The first-order valence-electron chi connectivity index (χ1n) is 8.63. The molecule has 0 radical (unpaired) electrons. The molecule has 4 aliphatic rings. The van der Waals surface area contributed by atoms with Crippen LogP contribution >= 0.6 is 0 Å². The molecule has 0 aromatic carbocycles. The summed E-state index contributed by atoms with van der Waals surface area (Å²) in [6.45, 7) is 2.54. The van der Waals surface area contributed by atoms with Crippen LogP contribution in [-0.4, -0.2) is 43.7 Å². The Kier molecular flexibility index (Phi) is 3.96. The van der Waals surface area contributed by atoms with Crippen LogP contribution in [0.15, 0.2) is 0 Å². The first-order valence-corrected chi connectivity index (χ1v) is 8.63. The molecule has 4 heterocycles. The number of rotatable bonds is 3. The number of fused-ring (bicyclic) bond motifs is 2. The first kappa shape index (κ1) is 14.4. The van der Waals surface area contributed by atoms with Crippen LogP contribution in [0.5, 0.6) is 0 Å². The normalized spacial score (nSPS) is 43.3. The summed E-state index contributed by atoms with van der Waals surface area (Å²) in [7, 11) is 0. The molecule has 0 saturated carbocycles. The summed E-state index contributed by atoms with van der Waals surface area (Å²) in [6, 6.07) is 0.379. The van der Waals surface area contributed by atoms with E-state index in [2.05, 4.69) is 5.43 Å². The molecule has 21 heavy (non-hydrogen) atoms. The molecule has 0 amide bonds. The van der Waals surface area contributed by atoms with E-state index in [9.17, 15) is 0 Å². The lowest BCUT2D eigenvalue weighted by molar-refractivity contribution is -0.152. The summed E-state index contributed by atoms with van der Waals surface area (Å²) in [5.41, 5.74) is 3.20. The number of ether oxygens (including phenoxy) is 3. The van der Waals surface area contributed by atoms with E-state index in [0.717, 1.165) is 45.5 Å². The average Bonchev–Trinajstić information content (AvgIpc) is 3.12. The molecule has 5 unspecified atom stereocenters. The highest BCUT2D eigenvalue weighted by Crippen LogP contribution is 2.45. The van der Waals surface area contributed by atoms with Crippen molar-refractivity contribution >= 4 is 0 Å². The fourth-order valence-corrected chi connectivity index (χ4v) is 5.13. The highest BCUT2D eigenvalue weighted by Gasteiger charge is 2.49. The molecule has 120 valence electrons. The number of nitrogens with two attached hydrogens (primary N) is 1. The van der Waals surface area contributed by atoms with E-state index < -0.39 is 0 Å². The van der Waals surface area contributed by atoms with Crippen LogP contribution in [0, 0.1) is 11.8 Å². The fourth-order valence-electron chi connectivity index (χ4n) is 5.13. The van der Waals surface area contributed by atoms with Crippen LogP contribution in [0.4, 0.5) is 0 Å². The maximum absolute atomic E-state index is 6.18. The molecule has 3 N–H and O–H groups in total. The second-order valence-electron chi connectivity index (χ2n) is 7.36.